The number of nitrogens with zero attached hydrogens (tertiary/aromatic N) is 3. The summed E-state index contributed by atoms with van der Waals surface area (Å²) in [4.78, 5) is 18.3. The van der Waals surface area contributed by atoms with Crippen molar-refractivity contribution in [2.45, 2.75) is 56.2 Å². The maximum absolute atomic E-state index is 15.6. The van der Waals surface area contributed by atoms with Crippen LogP contribution in [0, 0.1) is 12.7 Å². The van der Waals surface area contributed by atoms with Crippen molar-refractivity contribution in [3.63, 3.8) is 0 Å². The Morgan fingerprint density at radius 2 is 1.89 bits per heavy atom. The summed E-state index contributed by atoms with van der Waals surface area (Å²) in [6.07, 6.45) is 0.409. The van der Waals surface area contributed by atoms with Gasteiger partial charge in [-0.25, -0.2) is 13.2 Å². The standard InChI is InChI=1S/C24H29F3N4O4S/c1-15-7-4-10-18(28-15)17-9-5-8-16(20(17)25)13-19-21(29-36(34,35)30(2)3)24(26,27)14-31(19)22(32)23(33)11-6-12-23/h4-5,7-10,19,21,29,33H,6,11-14H2,1-3H3/t19-,21+/m0/s1. The second-order valence-corrected chi connectivity index (χ2v) is 11.6. The number of hydrogen-bond donors (Lipinski definition) is 2. The Morgan fingerprint density at radius 1 is 1.22 bits per heavy atom. The molecule has 1 aromatic heterocycles. The fourth-order valence-corrected chi connectivity index (χ4v) is 5.49. The van der Waals surface area contributed by atoms with Crippen molar-refractivity contribution in [2.75, 3.05) is 20.6 Å². The molecule has 1 aromatic carbocycles. The van der Waals surface area contributed by atoms with Gasteiger partial charge in [0.1, 0.15) is 17.5 Å². The van der Waals surface area contributed by atoms with E-state index in [1.54, 1.807) is 31.2 Å². The maximum atomic E-state index is 15.6. The lowest BCUT2D eigenvalue weighted by atomic mass is 9.79. The molecular formula is C24H29F3N4O4S. The molecule has 2 atom stereocenters. The SMILES string of the molecule is Cc1cccc(-c2cccc(C[C@H]3[C@@H](NS(=O)(=O)N(C)C)C(F)(F)CN3C(=O)C3(O)CCC3)c2F)n1. The first-order valence-corrected chi connectivity index (χ1v) is 13.0. The van der Waals surface area contributed by atoms with Gasteiger partial charge in [0, 0.05) is 25.4 Å². The van der Waals surface area contributed by atoms with E-state index < -0.39 is 58.5 Å². The summed E-state index contributed by atoms with van der Waals surface area (Å²) >= 11 is 0. The Kier molecular flexibility index (Phi) is 6.93. The van der Waals surface area contributed by atoms with Gasteiger partial charge in [0.05, 0.1) is 18.3 Å². The van der Waals surface area contributed by atoms with Crippen LogP contribution in [-0.4, -0.2) is 77.9 Å². The molecule has 1 aliphatic heterocycles. The van der Waals surface area contributed by atoms with E-state index >= 15 is 13.2 Å². The minimum atomic E-state index is -4.32. The van der Waals surface area contributed by atoms with Gasteiger partial charge in [-0.15, -0.1) is 0 Å². The minimum Gasteiger partial charge on any atom is -0.380 e. The third-order valence-corrected chi connectivity index (χ3v) is 8.40. The molecule has 1 aliphatic carbocycles. The van der Waals surface area contributed by atoms with E-state index in [0.717, 1.165) is 9.21 Å². The van der Waals surface area contributed by atoms with E-state index in [-0.39, 0.29) is 24.0 Å². The molecule has 2 aliphatic rings. The smallest absolute Gasteiger partial charge is 0.283 e. The molecule has 1 saturated heterocycles. The zero-order valence-corrected chi connectivity index (χ0v) is 21.0. The molecule has 0 bridgehead atoms. The summed E-state index contributed by atoms with van der Waals surface area (Å²) in [6.45, 7) is 0.655. The molecule has 2 heterocycles. The van der Waals surface area contributed by atoms with Crippen molar-refractivity contribution in [2.24, 2.45) is 0 Å². The molecular weight excluding hydrogens is 497 g/mol. The Morgan fingerprint density at radius 3 is 2.47 bits per heavy atom. The zero-order chi connectivity index (χ0) is 26.5. The van der Waals surface area contributed by atoms with Gasteiger partial charge in [-0.05, 0) is 56.4 Å². The van der Waals surface area contributed by atoms with Gasteiger partial charge in [0.15, 0.2) is 0 Å². The van der Waals surface area contributed by atoms with Gasteiger partial charge in [0.2, 0.25) is 0 Å². The summed E-state index contributed by atoms with van der Waals surface area (Å²) in [5.41, 5.74) is -0.591. The van der Waals surface area contributed by atoms with E-state index in [0.29, 0.717) is 17.8 Å². The number of rotatable bonds is 7. The first-order valence-electron chi connectivity index (χ1n) is 11.6. The topological polar surface area (TPSA) is 103 Å². The van der Waals surface area contributed by atoms with Gasteiger partial charge in [-0.2, -0.15) is 17.4 Å². The summed E-state index contributed by atoms with van der Waals surface area (Å²) < 4.78 is 73.9. The van der Waals surface area contributed by atoms with Crippen LogP contribution in [0.25, 0.3) is 11.3 Å². The number of aromatic nitrogens is 1. The van der Waals surface area contributed by atoms with Crippen LogP contribution in [0.4, 0.5) is 13.2 Å². The number of aryl methyl sites for hydroxylation is 1. The predicted octanol–water partition coefficient (Wildman–Crippen LogP) is 2.26. The number of nitrogens with one attached hydrogen (secondary N) is 1. The Balaban J connectivity index is 1.75. The van der Waals surface area contributed by atoms with Crippen LogP contribution in [0.1, 0.15) is 30.5 Å². The highest BCUT2D eigenvalue weighted by Gasteiger charge is 2.60. The Hall–Kier alpha value is -2.54. The monoisotopic (exact) mass is 526 g/mol. The second-order valence-electron chi connectivity index (χ2n) is 9.68. The third kappa shape index (κ3) is 4.86. The van der Waals surface area contributed by atoms with Crippen LogP contribution >= 0.6 is 0 Å². The van der Waals surface area contributed by atoms with Crippen LogP contribution in [0.5, 0.6) is 0 Å². The number of pyridine rings is 1. The van der Waals surface area contributed by atoms with Crippen LogP contribution in [0.2, 0.25) is 0 Å². The minimum absolute atomic E-state index is 0.0194. The van der Waals surface area contributed by atoms with Gasteiger partial charge in [0.25, 0.3) is 22.0 Å². The summed E-state index contributed by atoms with van der Waals surface area (Å²) in [6, 6.07) is 6.08. The van der Waals surface area contributed by atoms with Gasteiger partial charge in [-0.1, -0.05) is 18.2 Å². The van der Waals surface area contributed by atoms with Crippen molar-refractivity contribution < 1.29 is 31.5 Å². The number of alkyl halides is 2. The number of halogens is 3. The number of benzene rings is 1. The lowest BCUT2D eigenvalue weighted by Gasteiger charge is -2.40. The molecule has 2 aromatic rings. The third-order valence-electron chi connectivity index (χ3n) is 6.89. The average Bonchev–Trinajstić information content (AvgIpc) is 3.02. The molecule has 2 fully saturated rings. The molecule has 2 N–H and O–H groups in total. The van der Waals surface area contributed by atoms with Gasteiger partial charge >= 0.3 is 0 Å². The fourth-order valence-electron chi connectivity index (χ4n) is 4.63. The Labute approximate surface area is 208 Å². The number of likely N-dealkylation sites (tertiary alicyclic amines) is 1. The van der Waals surface area contributed by atoms with E-state index in [1.165, 1.54) is 26.2 Å². The molecule has 12 heteroatoms. The van der Waals surface area contributed by atoms with Crippen molar-refractivity contribution in [1.29, 1.82) is 0 Å². The fraction of sp³-hybridized carbons (Fsp3) is 0.500. The molecule has 8 nitrogen and oxygen atoms in total. The maximum Gasteiger partial charge on any atom is 0.283 e. The number of carbonyl (C=O) groups excluding carboxylic acids is 1. The average molecular weight is 527 g/mol. The number of hydrogen-bond acceptors (Lipinski definition) is 5. The molecule has 1 amide bonds. The zero-order valence-electron chi connectivity index (χ0n) is 20.2. The van der Waals surface area contributed by atoms with E-state index in [2.05, 4.69) is 4.98 Å². The normalized spacial score (nSPS) is 23.1. The number of amides is 1. The van der Waals surface area contributed by atoms with Crippen LogP contribution in [0.15, 0.2) is 36.4 Å². The molecule has 0 radical (unpaired) electrons. The van der Waals surface area contributed by atoms with Gasteiger partial charge in [-0.3, -0.25) is 9.78 Å². The van der Waals surface area contributed by atoms with E-state index in [4.69, 9.17) is 0 Å². The molecule has 0 spiro atoms. The molecule has 4 rings (SSSR count). The molecule has 1 saturated carbocycles. The molecule has 0 unspecified atom stereocenters. The number of carbonyl (C=O) groups is 1. The predicted molar refractivity (Wildman–Crippen MR) is 127 cm³/mol. The van der Waals surface area contributed by atoms with E-state index in [1.807, 2.05) is 4.72 Å². The summed E-state index contributed by atoms with van der Waals surface area (Å²) in [7, 11) is -1.96. The highest BCUT2D eigenvalue weighted by atomic mass is 32.2. The lowest BCUT2D eigenvalue weighted by Crippen LogP contribution is -2.58. The molecule has 36 heavy (non-hydrogen) atoms. The van der Waals surface area contributed by atoms with Crippen LogP contribution < -0.4 is 4.72 Å². The second kappa shape index (κ2) is 9.40. The summed E-state index contributed by atoms with van der Waals surface area (Å²) in [5.74, 6) is -5.26. The Bertz CT molecular complexity index is 1270. The van der Waals surface area contributed by atoms with Crippen molar-refractivity contribution in [3.8, 4) is 11.3 Å². The van der Waals surface area contributed by atoms with Crippen LogP contribution in [0.3, 0.4) is 0 Å². The van der Waals surface area contributed by atoms with Crippen molar-refractivity contribution in [3.05, 3.63) is 53.5 Å². The molecule has 196 valence electrons. The van der Waals surface area contributed by atoms with Gasteiger partial charge < -0.3 is 10.0 Å². The lowest BCUT2D eigenvalue weighted by molar-refractivity contribution is -0.162. The van der Waals surface area contributed by atoms with Crippen molar-refractivity contribution in [1.82, 2.24) is 18.9 Å². The van der Waals surface area contributed by atoms with Crippen molar-refractivity contribution >= 4 is 16.1 Å². The summed E-state index contributed by atoms with van der Waals surface area (Å²) in [5, 5.41) is 10.6. The quantitative estimate of drug-likeness (QED) is 0.576. The highest BCUT2D eigenvalue weighted by molar-refractivity contribution is 7.87. The first kappa shape index (κ1) is 26.5. The van der Waals surface area contributed by atoms with E-state index in [9.17, 15) is 18.3 Å². The first-order chi connectivity index (χ1) is 16.7. The largest absolute Gasteiger partial charge is 0.380 e. The highest BCUT2D eigenvalue weighted by Crippen LogP contribution is 2.41. The van der Waals surface area contributed by atoms with Crippen LogP contribution in [-0.2, 0) is 21.4 Å². The number of aliphatic hydroxyl groups is 1.